The number of nitrogens with one attached hydrogen (secondary N) is 1. The summed E-state index contributed by atoms with van der Waals surface area (Å²) in [7, 11) is 0. The summed E-state index contributed by atoms with van der Waals surface area (Å²) in [5.74, 6) is 0.319. The zero-order chi connectivity index (χ0) is 23.0. The Morgan fingerprint density at radius 2 is 1.68 bits per heavy atom. The molecule has 4 rings (SSSR count). The topological polar surface area (TPSA) is 52.7 Å². The van der Waals surface area contributed by atoms with Gasteiger partial charge in [0.05, 0.1) is 6.04 Å². The van der Waals surface area contributed by atoms with E-state index in [0.29, 0.717) is 6.42 Å². The number of aryl methyl sites for hydroxylation is 1. The molecule has 1 aliphatic carbocycles. The van der Waals surface area contributed by atoms with E-state index in [1.54, 1.807) is 6.92 Å². The van der Waals surface area contributed by atoms with Crippen LogP contribution >= 0.6 is 12.4 Å². The first-order valence-electron chi connectivity index (χ1n) is 12.6. The molecule has 1 N–H and O–H groups in total. The van der Waals surface area contributed by atoms with Crippen molar-refractivity contribution in [3.05, 3.63) is 65.2 Å². The van der Waals surface area contributed by atoms with Gasteiger partial charge in [0.1, 0.15) is 0 Å². The van der Waals surface area contributed by atoms with E-state index in [1.165, 1.54) is 11.1 Å². The molecule has 1 amide bonds. The first-order valence-corrected chi connectivity index (χ1v) is 12.6. The number of carbonyl (C=O) groups excluding carboxylic acids is 2. The lowest BCUT2D eigenvalue weighted by atomic mass is 9.87. The summed E-state index contributed by atoms with van der Waals surface area (Å²) >= 11 is 0. The highest BCUT2D eigenvalue weighted by Gasteiger charge is 2.22. The predicted molar refractivity (Wildman–Crippen MR) is 141 cm³/mol. The lowest BCUT2D eigenvalue weighted by molar-refractivity contribution is -0.122. The van der Waals surface area contributed by atoms with E-state index in [0.717, 1.165) is 82.5 Å². The van der Waals surface area contributed by atoms with Crippen molar-refractivity contribution >= 4 is 29.8 Å². The maximum Gasteiger partial charge on any atom is 0.220 e. The van der Waals surface area contributed by atoms with Crippen molar-refractivity contribution in [3.63, 3.8) is 0 Å². The second-order valence-corrected chi connectivity index (χ2v) is 9.42. The SMILES string of the molecule is CC(=O)c1ccccc1N1CCN(CCCCCC(=O)NC2CCCc3ccccc32)CC1.Cl. The monoisotopic (exact) mass is 483 g/mol. The lowest BCUT2D eigenvalue weighted by Gasteiger charge is -2.36. The number of amides is 1. The molecule has 34 heavy (non-hydrogen) atoms. The predicted octanol–water partition coefficient (Wildman–Crippen LogP) is 5.19. The van der Waals surface area contributed by atoms with Crippen molar-refractivity contribution in [1.82, 2.24) is 10.2 Å². The van der Waals surface area contributed by atoms with Gasteiger partial charge in [0.15, 0.2) is 5.78 Å². The number of ketones is 1. The van der Waals surface area contributed by atoms with Gasteiger partial charge >= 0.3 is 0 Å². The fourth-order valence-corrected chi connectivity index (χ4v) is 5.23. The largest absolute Gasteiger partial charge is 0.368 e. The molecule has 0 spiro atoms. The summed E-state index contributed by atoms with van der Waals surface area (Å²) in [5.41, 5.74) is 4.58. The van der Waals surface area contributed by atoms with Gasteiger partial charge in [-0.1, -0.05) is 42.8 Å². The lowest BCUT2D eigenvalue weighted by Crippen LogP contribution is -2.47. The summed E-state index contributed by atoms with van der Waals surface area (Å²) in [6, 6.07) is 16.6. The summed E-state index contributed by atoms with van der Waals surface area (Å²) in [5, 5.41) is 3.27. The average Bonchev–Trinajstić information content (AvgIpc) is 2.84. The maximum absolute atomic E-state index is 12.5. The molecular formula is C28H38ClN3O2. The average molecular weight is 484 g/mol. The molecule has 1 heterocycles. The summed E-state index contributed by atoms with van der Waals surface area (Å²) in [6.45, 7) is 6.68. The maximum atomic E-state index is 12.5. The number of benzene rings is 2. The van der Waals surface area contributed by atoms with Crippen LogP contribution in [0.1, 0.15) is 73.0 Å². The number of carbonyl (C=O) groups is 2. The van der Waals surface area contributed by atoms with Crippen LogP contribution in [0, 0.1) is 0 Å². The quantitative estimate of drug-likeness (QED) is 0.394. The molecule has 0 aromatic heterocycles. The van der Waals surface area contributed by atoms with Crippen LogP contribution in [0.3, 0.4) is 0 Å². The van der Waals surface area contributed by atoms with Gasteiger partial charge in [-0.05, 0) is 68.8 Å². The first kappa shape index (κ1) is 26.2. The Morgan fingerprint density at radius 1 is 0.941 bits per heavy atom. The highest BCUT2D eigenvalue weighted by Crippen LogP contribution is 2.29. The molecule has 1 atom stereocenters. The second-order valence-electron chi connectivity index (χ2n) is 9.42. The molecule has 1 aliphatic heterocycles. The Balaban J connectivity index is 0.00000324. The van der Waals surface area contributed by atoms with Crippen LogP contribution in [0.25, 0.3) is 0 Å². The number of Topliss-reactive ketones (excluding diaryl/α,β-unsaturated/α-hetero) is 1. The van der Waals surface area contributed by atoms with Crippen LogP contribution in [0.2, 0.25) is 0 Å². The molecule has 1 unspecified atom stereocenters. The Hall–Kier alpha value is -2.37. The number of fused-ring (bicyclic) bond motifs is 1. The van der Waals surface area contributed by atoms with Crippen LogP contribution in [-0.4, -0.2) is 49.3 Å². The molecular weight excluding hydrogens is 446 g/mol. The molecule has 0 bridgehead atoms. The number of hydrogen-bond donors (Lipinski definition) is 1. The van der Waals surface area contributed by atoms with Crippen LogP contribution in [-0.2, 0) is 11.2 Å². The molecule has 1 fully saturated rings. The standard InChI is InChI=1S/C28H37N3O2.ClH/c1-22(32)24-12-6-7-15-27(24)31-20-18-30(19-21-31)17-8-2-3-16-28(33)29-26-14-9-11-23-10-4-5-13-25(23)26;/h4-7,10,12-13,15,26H,2-3,8-9,11,14,16-21H2,1H3,(H,29,33);1H. The van der Waals surface area contributed by atoms with E-state index in [2.05, 4.69) is 45.4 Å². The molecule has 6 heteroatoms. The Kier molecular flexibility index (Phi) is 9.97. The molecule has 2 aromatic carbocycles. The number of nitrogens with zero attached hydrogens (tertiary/aromatic N) is 2. The van der Waals surface area contributed by atoms with E-state index >= 15 is 0 Å². The van der Waals surface area contributed by atoms with E-state index in [-0.39, 0.29) is 30.1 Å². The van der Waals surface area contributed by atoms with Crippen molar-refractivity contribution in [2.24, 2.45) is 0 Å². The van der Waals surface area contributed by atoms with E-state index in [1.807, 2.05) is 18.2 Å². The van der Waals surface area contributed by atoms with Crippen molar-refractivity contribution in [2.75, 3.05) is 37.6 Å². The van der Waals surface area contributed by atoms with Gasteiger partial charge in [-0.15, -0.1) is 12.4 Å². The number of piperazine rings is 1. The summed E-state index contributed by atoms with van der Waals surface area (Å²) in [4.78, 5) is 29.2. The second kappa shape index (κ2) is 12.9. The third-order valence-corrected chi connectivity index (χ3v) is 7.08. The van der Waals surface area contributed by atoms with Crippen molar-refractivity contribution < 1.29 is 9.59 Å². The summed E-state index contributed by atoms with van der Waals surface area (Å²) < 4.78 is 0. The fourth-order valence-electron chi connectivity index (χ4n) is 5.23. The molecule has 1 saturated heterocycles. The number of unbranched alkanes of at least 4 members (excludes halogenated alkanes) is 2. The minimum atomic E-state index is 0. The minimum Gasteiger partial charge on any atom is -0.368 e. The Labute approximate surface area is 210 Å². The molecule has 0 saturated carbocycles. The zero-order valence-corrected chi connectivity index (χ0v) is 21.1. The number of rotatable bonds is 9. The Bertz CT molecular complexity index is 956. The molecule has 5 nitrogen and oxygen atoms in total. The van der Waals surface area contributed by atoms with Gasteiger partial charge in [0, 0.05) is 43.9 Å². The minimum absolute atomic E-state index is 0. The van der Waals surface area contributed by atoms with Crippen molar-refractivity contribution in [1.29, 1.82) is 0 Å². The Morgan fingerprint density at radius 3 is 2.47 bits per heavy atom. The van der Waals surface area contributed by atoms with Gasteiger partial charge < -0.3 is 10.2 Å². The van der Waals surface area contributed by atoms with Crippen molar-refractivity contribution in [3.8, 4) is 0 Å². The van der Waals surface area contributed by atoms with E-state index < -0.39 is 0 Å². The number of anilines is 1. The van der Waals surface area contributed by atoms with Gasteiger partial charge in [0.2, 0.25) is 5.91 Å². The van der Waals surface area contributed by atoms with Gasteiger partial charge in [-0.2, -0.15) is 0 Å². The first-order chi connectivity index (χ1) is 16.1. The smallest absolute Gasteiger partial charge is 0.220 e. The molecule has 184 valence electrons. The van der Waals surface area contributed by atoms with Crippen LogP contribution in [0.4, 0.5) is 5.69 Å². The number of para-hydroxylation sites is 1. The van der Waals surface area contributed by atoms with Crippen LogP contribution in [0.15, 0.2) is 48.5 Å². The third-order valence-electron chi connectivity index (χ3n) is 7.08. The van der Waals surface area contributed by atoms with E-state index in [4.69, 9.17) is 0 Å². The molecule has 0 radical (unpaired) electrons. The van der Waals surface area contributed by atoms with Crippen molar-refractivity contribution in [2.45, 2.75) is 57.9 Å². The number of hydrogen-bond acceptors (Lipinski definition) is 4. The fraction of sp³-hybridized carbons (Fsp3) is 0.500. The van der Waals surface area contributed by atoms with Crippen LogP contribution < -0.4 is 10.2 Å². The highest BCUT2D eigenvalue weighted by molar-refractivity contribution is 5.99. The molecule has 2 aromatic rings. The van der Waals surface area contributed by atoms with Gasteiger partial charge in [0.25, 0.3) is 0 Å². The third kappa shape index (κ3) is 6.83. The normalized spacial score (nSPS) is 18.0. The zero-order valence-electron chi connectivity index (χ0n) is 20.3. The highest BCUT2D eigenvalue weighted by atomic mass is 35.5. The van der Waals surface area contributed by atoms with Gasteiger partial charge in [-0.3, -0.25) is 14.5 Å². The van der Waals surface area contributed by atoms with E-state index in [9.17, 15) is 9.59 Å². The van der Waals surface area contributed by atoms with Gasteiger partial charge in [-0.25, -0.2) is 0 Å². The number of halogens is 1. The molecule has 2 aliphatic rings. The van der Waals surface area contributed by atoms with Crippen LogP contribution in [0.5, 0.6) is 0 Å². The summed E-state index contributed by atoms with van der Waals surface area (Å²) in [6.07, 6.45) is 7.10.